The van der Waals surface area contributed by atoms with E-state index in [2.05, 4.69) is 32.1 Å². The van der Waals surface area contributed by atoms with Crippen molar-refractivity contribution in [2.24, 2.45) is 0 Å². The zero-order chi connectivity index (χ0) is 17.1. The van der Waals surface area contributed by atoms with Crippen LogP contribution in [-0.4, -0.2) is 55.7 Å². The molecule has 1 aromatic carbocycles. The van der Waals surface area contributed by atoms with Crippen LogP contribution in [0.1, 0.15) is 18.9 Å². The molecule has 8 heteroatoms. The summed E-state index contributed by atoms with van der Waals surface area (Å²) in [5, 5.41) is 12.6. The van der Waals surface area contributed by atoms with E-state index in [1.807, 2.05) is 30.3 Å². The molecule has 0 spiro atoms. The Morgan fingerprint density at radius 1 is 1.24 bits per heavy atom. The number of benzene rings is 1. The van der Waals surface area contributed by atoms with Gasteiger partial charge in [0.1, 0.15) is 12.7 Å². The number of morpholine rings is 1. The standard InChI is InChI=1S/C17H20N6O2/c1-13(16-20-21-17(25-16)14-5-3-2-4-6-14)22-7-8-24-15(9-22)10-23-12-18-11-19-23/h2-6,11-13,15H,7-10H2,1H3/t13-,15-/m1/s1. The van der Waals surface area contributed by atoms with Gasteiger partial charge in [0.2, 0.25) is 11.8 Å². The van der Waals surface area contributed by atoms with Crippen molar-refractivity contribution in [1.82, 2.24) is 29.9 Å². The minimum absolute atomic E-state index is 0.0344. The predicted octanol–water partition coefficient (Wildman–Crippen LogP) is 1.79. The summed E-state index contributed by atoms with van der Waals surface area (Å²) in [6, 6.07) is 9.84. The van der Waals surface area contributed by atoms with Crippen molar-refractivity contribution in [1.29, 1.82) is 0 Å². The molecule has 0 saturated carbocycles. The molecule has 0 aliphatic carbocycles. The normalized spacial score (nSPS) is 19.8. The average Bonchev–Trinajstić information content (AvgIpc) is 3.34. The highest BCUT2D eigenvalue weighted by Gasteiger charge is 2.28. The van der Waals surface area contributed by atoms with E-state index in [4.69, 9.17) is 9.15 Å². The van der Waals surface area contributed by atoms with Crippen LogP contribution in [0.3, 0.4) is 0 Å². The Labute approximate surface area is 145 Å². The summed E-state index contributed by atoms with van der Waals surface area (Å²) in [5.41, 5.74) is 0.930. The summed E-state index contributed by atoms with van der Waals surface area (Å²) in [4.78, 5) is 6.27. The number of ether oxygens (including phenoxy) is 1. The molecule has 1 fully saturated rings. The van der Waals surface area contributed by atoms with Crippen molar-refractivity contribution < 1.29 is 9.15 Å². The van der Waals surface area contributed by atoms with Crippen LogP contribution in [-0.2, 0) is 11.3 Å². The molecule has 8 nitrogen and oxygen atoms in total. The molecule has 0 unspecified atom stereocenters. The maximum absolute atomic E-state index is 5.89. The monoisotopic (exact) mass is 340 g/mol. The molecule has 0 N–H and O–H groups in total. The van der Waals surface area contributed by atoms with Gasteiger partial charge in [-0.05, 0) is 19.1 Å². The lowest BCUT2D eigenvalue weighted by Crippen LogP contribution is -2.45. The van der Waals surface area contributed by atoms with Crippen LogP contribution in [0.15, 0.2) is 47.4 Å². The van der Waals surface area contributed by atoms with E-state index in [0.717, 1.165) is 18.7 Å². The molecule has 0 radical (unpaired) electrons. The van der Waals surface area contributed by atoms with Crippen molar-refractivity contribution in [2.75, 3.05) is 19.7 Å². The van der Waals surface area contributed by atoms with E-state index in [0.29, 0.717) is 24.9 Å². The molecule has 1 aliphatic heterocycles. The quantitative estimate of drug-likeness (QED) is 0.700. The van der Waals surface area contributed by atoms with Crippen LogP contribution in [0.5, 0.6) is 0 Å². The van der Waals surface area contributed by atoms with Gasteiger partial charge in [-0.25, -0.2) is 4.98 Å². The molecule has 3 heterocycles. The second-order valence-corrected chi connectivity index (χ2v) is 6.09. The van der Waals surface area contributed by atoms with Gasteiger partial charge in [0.25, 0.3) is 0 Å². The number of rotatable bonds is 5. The first-order valence-corrected chi connectivity index (χ1v) is 8.36. The highest BCUT2D eigenvalue weighted by molar-refractivity contribution is 5.51. The molecule has 1 aliphatic rings. The van der Waals surface area contributed by atoms with Gasteiger partial charge in [-0.2, -0.15) is 5.10 Å². The summed E-state index contributed by atoms with van der Waals surface area (Å²) >= 11 is 0. The maximum Gasteiger partial charge on any atom is 0.247 e. The Balaban J connectivity index is 1.43. The molecular weight excluding hydrogens is 320 g/mol. The van der Waals surface area contributed by atoms with Crippen molar-refractivity contribution >= 4 is 0 Å². The van der Waals surface area contributed by atoms with E-state index in [1.54, 1.807) is 11.0 Å². The summed E-state index contributed by atoms with van der Waals surface area (Å²) in [7, 11) is 0. The van der Waals surface area contributed by atoms with Crippen molar-refractivity contribution in [3.05, 3.63) is 48.9 Å². The topological polar surface area (TPSA) is 82.1 Å². The van der Waals surface area contributed by atoms with Crippen molar-refractivity contribution in [2.45, 2.75) is 25.6 Å². The second-order valence-electron chi connectivity index (χ2n) is 6.09. The third-order valence-electron chi connectivity index (χ3n) is 4.39. The molecule has 0 amide bonds. The molecule has 130 valence electrons. The van der Waals surface area contributed by atoms with Gasteiger partial charge < -0.3 is 9.15 Å². The van der Waals surface area contributed by atoms with E-state index in [1.165, 1.54) is 6.33 Å². The van der Waals surface area contributed by atoms with Crippen molar-refractivity contribution in [3.63, 3.8) is 0 Å². The molecule has 1 saturated heterocycles. The molecule has 4 rings (SSSR count). The average molecular weight is 340 g/mol. The third kappa shape index (κ3) is 3.59. The number of hydrogen-bond donors (Lipinski definition) is 0. The second kappa shape index (κ2) is 7.12. The first-order valence-electron chi connectivity index (χ1n) is 8.36. The van der Waals surface area contributed by atoms with Gasteiger partial charge in [0.05, 0.1) is 25.3 Å². The van der Waals surface area contributed by atoms with E-state index >= 15 is 0 Å². The van der Waals surface area contributed by atoms with Crippen LogP contribution in [0, 0.1) is 0 Å². The van der Waals surface area contributed by atoms with Crippen molar-refractivity contribution in [3.8, 4) is 11.5 Å². The first kappa shape index (κ1) is 15.9. The summed E-state index contributed by atoms with van der Waals surface area (Å²) in [6.45, 7) is 5.05. The van der Waals surface area contributed by atoms with Gasteiger partial charge in [-0.1, -0.05) is 18.2 Å². The Morgan fingerprint density at radius 2 is 2.12 bits per heavy atom. The minimum Gasteiger partial charge on any atom is -0.419 e. The van der Waals surface area contributed by atoms with E-state index in [-0.39, 0.29) is 12.1 Å². The smallest absolute Gasteiger partial charge is 0.247 e. The van der Waals surface area contributed by atoms with Gasteiger partial charge in [-0.15, -0.1) is 10.2 Å². The number of hydrogen-bond acceptors (Lipinski definition) is 7. The minimum atomic E-state index is 0.0344. The fourth-order valence-corrected chi connectivity index (χ4v) is 3.00. The largest absolute Gasteiger partial charge is 0.419 e. The van der Waals surface area contributed by atoms with Crippen LogP contribution < -0.4 is 0 Å². The first-order chi connectivity index (χ1) is 12.3. The fourth-order valence-electron chi connectivity index (χ4n) is 3.00. The Morgan fingerprint density at radius 3 is 2.92 bits per heavy atom. The molecule has 25 heavy (non-hydrogen) atoms. The molecule has 2 atom stereocenters. The van der Waals surface area contributed by atoms with E-state index in [9.17, 15) is 0 Å². The third-order valence-corrected chi connectivity index (χ3v) is 4.39. The van der Waals surface area contributed by atoms with Crippen LogP contribution >= 0.6 is 0 Å². The SMILES string of the molecule is C[C@H](c1nnc(-c2ccccc2)o1)N1CCO[C@@H](Cn2cncn2)C1. The van der Waals surface area contributed by atoms with Crippen LogP contribution in [0.25, 0.3) is 11.5 Å². The summed E-state index contributed by atoms with van der Waals surface area (Å²) in [5.74, 6) is 1.18. The summed E-state index contributed by atoms with van der Waals surface area (Å²) < 4.78 is 13.5. The van der Waals surface area contributed by atoms with Crippen LogP contribution in [0.2, 0.25) is 0 Å². The lowest BCUT2D eigenvalue weighted by molar-refractivity contribution is -0.0526. The zero-order valence-corrected chi connectivity index (χ0v) is 14.0. The molecular formula is C17H20N6O2. The van der Waals surface area contributed by atoms with Gasteiger partial charge in [0, 0.05) is 18.7 Å². The number of aromatic nitrogens is 5. The Hall–Kier alpha value is -2.58. The van der Waals surface area contributed by atoms with Gasteiger partial charge >= 0.3 is 0 Å². The highest BCUT2D eigenvalue weighted by atomic mass is 16.5. The summed E-state index contributed by atoms with van der Waals surface area (Å²) in [6.07, 6.45) is 3.30. The van der Waals surface area contributed by atoms with Gasteiger partial charge in [0.15, 0.2) is 0 Å². The van der Waals surface area contributed by atoms with E-state index < -0.39 is 0 Å². The number of nitrogens with zero attached hydrogens (tertiary/aromatic N) is 6. The predicted molar refractivity (Wildman–Crippen MR) is 89.5 cm³/mol. The maximum atomic E-state index is 5.89. The lowest BCUT2D eigenvalue weighted by Gasteiger charge is -2.35. The molecule has 2 aromatic heterocycles. The highest BCUT2D eigenvalue weighted by Crippen LogP contribution is 2.25. The lowest BCUT2D eigenvalue weighted by atomic mass is 10.2. The Bertz CT molecular complexity index is 789. The Kier molecular flexibility index (Phi) is 4.53. The fraction of sp³-hybridized carbons (Fsp3) is 0.412. The van der Waals surface area contributed by atoms with Crippen LogP contribution in [0.4, 0.5) is 0 Å². The molecule has 3 aromatic rings. The van der Waals surface area contributed by atoms with Gasteiger partial charge in [-0.3, -0.25) is 9.58 Å². The molecule has 0 bridgehead atoms. The zero-order valence-electron chi connectivity index (χ0n) is 14.0.